The van der Waals surface area contributed by atoms with Crippen LogP contribution in [-0.4, -0.2) is 13.1 Å². The molecule has 0 atom stereocenters. The zero-order valence-corrected chi connectivity index (χ0v) is 10.6. The molecule has 2 aromatic carbocycles. The number of Topliss-reactive ketones (excluding diaryl/α,β-unsaturated/α-hetero) is 1. The Morgan fingerprint density at radius 3 is 2.28 bits per heavy atom. The van der Waals surface area contributed by atoms with Gasteiger partial charge in [0.05, 0.1) is 0 Å². The van der Waals surface area contributed by atoms with Gasteiger partial charge in [-0.05, 0) is 12.0 Å². The van der Waals surface area contributed by atoms with Gasteiger partial charge in [0, 0.05) is 12.0 Å². The van der Waals surface area contributed by atoms with Gasteiger partial charge in [-0.15, -0.1) is 0 Å². The first kappa shape index (κ1) is 12.6. The van der Waals surface area contributed by atoms with E-state index in [1.165, 1.54) is 5.56 Å². The maximum atomic E-state index is 12.0. The zero-order valence-electron chi connectivity index (χ0n) is 10.6. The fourth-order valence-corrected chi connectivity index (χ4v) is 1.91. The summed E-state index contributed by atoms with van der Waals surface area (Å²) in [5.41, 5.74) is 3.16. The van der Waals surface area contributed by atoms with Crippen LogP contribution in [0.3, 0.4) is 0 Å². The van der Waals surface area contributed by atoms with Crippen LogP contribution in [0, 0.1) is 0 Å². The average Bonchev–Trinajstić information content (AvgIpc) is 2.46. The predicted molar refractivity (Wildman–Crippen MR) is 76.8 cm³/mol. The SMILES string of the molecule is C[B]c1ccc(C(=O)CCc2ccccc2)cc1. The summed E-state index contributed by atoms with van der Waals surface area (Å²) >= 11 is 0. The molecule has 0 amide bonds. The highest BCUT2D eigenvalue weighted by molar-refractivity contribution is 6.51. The van der Waals surface area contributed by atoms with Crippen LogP contribution < -0.4 is 5.46 Å². The first-order valence-corrected chi connectivity index (χ1v) is 6.26. The van der Waals surface area contributed by atoms with E-state index in [-0.39, 0.29) is 5.78 Å². The Morgan fingerprint density at radius 2 is 1.67 bits per heavy atom. The summed E-state index contributed by atoms with van der Waals surface area (Å²) in [6.45, 7) is 1.99. The van der Waals surface area contributed by atoms with E-state index in [9.17, 15) is 4.79 Å². The normalized spacial score (nSPS) is 10.1. The van der Waals surface area contributed by atoms with Crippen LogP contribution in [0.15, 0.2) is 54.6 Å². The largest absolute Gasteiger partial charge is 0.294 e. The highest BCUT2D eigenvalue weighted by Gasteiger charge is 2.05. The molecule has 0 spiro atoms. The minimum atomic E-state index is 0.210. The van der Waals surface area contributed by atoms with Crippen LogP contribution in [0.1, 0.15) is 22.3 Å². The third-order valence-corrected chi connectivity index (χ3v) is 3.05. The summed E-state index contributed by atoms with van der Waals surface area (Å²) in [5, 5.41) is 0. The predicted octanol–water partition coefficient (Wildman–Crippen LogP) is 2.88. The van der Waals surface area contributed by atoms with Gasteiger partial charge in [-0.25, -0.2) is 0 Å². The molecule has 0 fully saturated rings. The van der Waals surface area contributed by atoms with Gasteiger partial charge in [0.25, 0.3) is 0 Å². The van der Waals surface area contributed by atoms with E-state index in [0.717, 1.165) is 17.4 Å². The maximum absolute atomic E-state index is 12.0. The van der Waals surface area contributed by atoms with Gasteiger partial charge >= 0.3 is 0 Å². The topological polar surface area (TPSA) is 17.1 Å². The number of benzene rings is 2. The van der Waals surface area contributed by atoms with E-state index in [2.05, 4.69) is 12.1 Å². The summed E-state index contributed by atoms with van der Waals surface area (Å²) in [5.74, 6) is 0.210. The second-order valence-corrected chi connectivity index (χ2v) is 4.32. The fraction of sp³-hybridized carbons (Fsp3) is 0.188. The molecule has 0 saturated carbocycles. The number of carbonyl (C=O) groups is 1. The smallest absolute Gasteiger partial charge is 0.163 e. The molecule has 0 saturated heterocycles. The molecular formula is C16H16BO. The van der Waals surface area contributed by atoms with Crippen molar-refractivity contribution in [3.8, 4) is 0 Å². The lowest BCUT2D eigenvalue weighted by Crippen LogP contribution is -2.11. The van der Waals surface area contributed by atoms with Gasteiger partial charge in [-0.2, -0.15) is 0 Å². The molecule has 0 bridgehead atoms. The lowest BCUT2D eigenvalue weighted by atomic mass is 9.73. The van der Waals surface area contributed by atoms with E-state index in [1.807, 2.05) is 56.6 Å². The van der Waals surface area contributed by atoms with Gasteiger partial charge in [0.1, 0.15) is 7.28 Å². The summed E-state index contributed by atoms with van der Waals surface area (Å²) in [6, 6.07) is 17.9. The molecule has 1 nitrogen and oxygen atoms in total. The lowest BCUT2D eigenvalue weighted by Gasteiger charge is -2.03. The molecule has 2 rings (SSSR count). The van der Waals surface area contributed by atoms with Crippen molar-refractivity contribution in [3.05, 3.63) is 65.7 Å². The van der Waals surface area contributed by atoms with Crippen molar-refractivity contribution in [1.29, 1.82) is 0 Å². The van der Waals surface area contributed by atoms with E-state index in [1.54, 1.807) is 0 Å². The fourth-order valence-electron chi connectivity index (χ4n) is 1.91. The van der Waals surface area contributed by atoms with Crippen molar-refractivity contribution in [1.82, 2.24) is 0 Å². The number of hydrogen-bond acceptors (Lipinski definition) is 1. The van der Waals surface area contributed by atoms with E-state index >= 15 is 0 Å². The monoisotopic (exact) mass is 235 g/mol. The highest BCUT2D eigenvalue weighted by Crippen LogP contribution is 2.07. The first-order valence-electron chi connectivity index (χ1n) is 6.26. The third-order valence-electron chi connectivity index (χ3n) is 3.05. The average molecular weight is 235 g/mol. The van der Waals surface area contributed by atoms with E-state index in [4.69, 9.17) is 0 Å². The first-order chi connectivity index (χ1) is 8.79. The molecule has 0 aliphatic rings. The van der Waals surface area contributed by atoms with Crippen molar-refractivity contribution >= 4 is 18.5 Å². The number of rotatable bonds is 5. The Bertz CT molecular complexity index is 502. The molecule has 0 aliphatic carbocycles. The molecule has 1 radical (unpaired) electrons. The van der Waals surface area contributed by atoms with Crippen LogP contribution in [-0.2, 0) is 6.42 Å². The van der Waals surface area contributed by atoms with E-state index < -0.39 is 0 Å². The molecule has 0 N–H and O–H groups in total. The summed E-state index contributed by atoms with van der Waals surface area (Å²) in [4.78, 5) is 12.0. The van der Waals surface area contributed by atoms with Crippen molar-refractivity contribution in [2.24, 2.45) is 0 Å². The summed E-state index contributed by atoms with van der Waals surface area (Å²) in [7, 11) is 2.03. The summed E-state index contributed by atoms with van der Waals surface area (Å²) in [6.07, 6.45) is 1.38. The van der Waals surface area contributed by atoms with Gasteiger partial charge in [0.2, 0.25) is 0 Å². The lowest BCUT2D eigenvalue weighted by molar-refractivity contribution is 0.0983. The van der Waals surface area contributed by atoms with Crippen LogP contribution in [0.25, 0.3) is 0 Å². The molecule has 2 heteroatoms. The van der Waals surface area contributed by atoms with Gasteiger partial charge in [-0.3, -0.25) is 4.79 Å². The molecule has 18 heavy (non-hydrogen) atoms. The number of aryl methyl sites for hydroxylation is 1. The minimum absolute atomic E-state index is 0.210. The Labute approximate surface area is 109 Å². The molecule has 0 unspecified atom stereocenters. The number of ketones is 1. The van der Waals surface area contributed by atoms with Crippen molar-refractivity contribution in [3.63, 3.8) is 0 Å². The minimum Gasteiger partial charge on any atom is -0.294 e. The molecule has 89 valence electrons. The van der Waals surface area contributed by atoms with Gasteiger partial charge < -0.3 is 0 Å². The molecular weight excluding hydrogens is 219 g/mol. The van der Waals surface area contributed by atoms with Crippen molar-refractivity contribution in [2.45, 2.75) is 19.7 Å². The van der Waals surface area contributed by atoms with Crippen LogP contribution in [0.5, 0.6) is 0 Å². The van der Waals surface area contributed by atoms with Crippen LogP contribution in [0.2, 0.25) is 6.82 Å². The third kappa shape index (κ3) is 3.33. The van der Waals surface area contributed by atoms with E-state index in [0.29, 0.717) is 6.42 Å². The second kappa shape index (κ2) is 6.20. The molecule has 2 aromatic rings. The van der Waals surface area contributed by atoms with Crippen LogP contribution in [0.4, 0.5) is 0 Å². The number of carbonyl (C=O) groups excluding carboxylic acids is 1. The Balaban J connectivity index is 1.95. The quantitative estimate of drug-likeness (QED) is 0.575. The Kier molecular flexibility index (Phi) is 4.35. The molecule has 0 heterocycles. The second-order valence-electron chi connectivity index (χ2n) is 4.32. The van der Waals surface area contributed by atoms with Gasteiger partial charge in [-0.1, -0.05) is 66.9 Å². The van der Waals surface area contributed by atoms with Crippen LogP contribution >= 0.6 is 0 Å². The van der Waals surface area contributed by atoms with Crippen molar-refractivity contribution in [2.75, 3.05) is 0 Å². The maximum Gasteiger partial charge on any atom is 0.163 e. The highest BCUT2D eigenvalue weighted by atomic mass is 16.1. The molecule has 0 aliphatic heterocycles. The Hall–Kier alpha value is -1.83. The Morgan fingerprint density at radius 1 is 1.00 bits per heavy atom. The van der Waals surface area contributed by atoms with Crippen molar-refractivity contribution < 1.29 is 4.79 Å². The summed E-state index contributed by atoms with van der Waals surface area (Å²) < 4.78 is 0. The molecule has 0 aromatic heterocycles. The van der Waals surface area contributed by atoms with Gasteiger partial charge in [0.15, 0.2) is 5.78 Å². The number of hydrogen-bond donors (Lipinski definition) is 0. The standard InChI is InChI=1S/C16H16BO/c1-17-15-10-8-14(9-11-15)16(18)12-7-13-5-3-2-4-6-13/h2-6,8-11H,7,12H2,1H3. The zero-order chi connectivity index (χ0) is 12.8.